The molecular weight excluding hydrogens is 326 g/mol. The second-order valence-electron chi connectivity index (χ2n) is 6.60. The van der Waals surface area contributed by atoms with Crippen molar-refractivity contribution in [2.45, 2.75) is 39.7 Å². The molecule has 0 bridgehead atoms. The number of hydrogen-bond donors (Lipinski definition) is 1. The van der Waals surface area contributed by atoms with Crippen LogP contribution in [0, 0.1) is 0 Å². The Hall–Kier alpha value is -2.95. The maximum absolute atomic E-state index is 11.4. The van der Waals surface area contributed by atoms with Gasteiger partial charge in [-0.05, 0) is 22.8 Å². The van der Waals surface area contributed by atoms with E-state index < -0.39 is 5.97 Å². The highest BCUT2D eigenvalue weighted by Crippen LogP contribution is 2.24. The van der Waals surface area contributed by atoms with Gasteiger partial charge in [-0.2, -0.15) is 5.10 Å². The molecule has 5 heteroatoms. The second kappa shape index (κ2) is 7.52. The quantitative estimate of drug-likeness (QED) is 0.717. The summed E-state index contributed by atoms with van der Waals surface area (Å²) in [5, 5.41) is 14.0. The van der Waals surface area contributed by atoms with Crippen molar-refractivity contribution in [2.24, 2.45) is 0 Å². The van der Waals surface area contributed by atoms with E-state index in [1.54, 1.807) is 12.1 Å². The average Bonchev–Trinajstić information content (AvgIpc) is 3.05. The maximum atomic E-state index is 11.4. The Labute approximate surface area is 153 Å². The summed E-state index contributed by atoms with van der Waals surface area (Å²) in [6, 6.07) is 15.0. The molecular formula is C21H23N3O2. The molecule has 0 unspecified atom stereocenters. The van der Waals surface area contributed by atoms with Gasteiger partial charge in [0.05, 0.1) is 12.1 Å². The Bertz CT molecular complexity index is 911. The van der Waals surface area contributed by atoms with Crippen LogP contribution in [0.2, 0.25) is 0 Å². The molecule has 0 aliphatic carbocycles. The molecule has 0 aliphatic heterocycles. The largest absolute Gasteiger partial charge is 0.478 e. The van der Waals surface area contributed by atoms with E-state index >= 15 is 0 Å². The van der Waals surface area contributed by atoms with E-state index in [0.717, 1.165) is 34.8 Å². The third-order valence-corrected chi connectivity index (χ3v) is 4.35. The Morgan fingerprint density at radius 1 is 1.12 bits per heavy atom. The Morgan fingerprint density at radius 2 is 1.81 bits per heavy atom. The van der Waals surface area contributed by atoms with E-state index in [4.69, 9.17) is 0 Å². The number of carboxylic acid groups (broad SMARTS) is 1. The molecule has 1 aromatic heterocycles. The first-order valence-electron chi connectivity index (χ1n) is 8.84. The SMILES string of the molecule is CCc1nc(C(C)C)nn1Cc1ccc(-c2ccccc2C(=O)O)cc1. The van der Waals surface area contributed by atoms with E-state index in [0.29, 0.717) is 18.0 Å². The fourth-order valence-corrected chi connectivity index (χ4v) is 2.91. The van der Waals surface area contributed by atoms with Crippen molar-refractivity contribution in [1.82, 2.24) is 14.8 Å². The molecule has 26 heavy (non-hydrogen) atoms. The van der Waals surface area contributed by atoms with Crippen molar-refractivity contribution < 1.29 is 9.90 Å². The van der Waals surface area contributed by atoms with Crippen molar-refractivity contribution >= 4 is 5.97 Å². The highest BCUT2D eigenvalue weighted by molar-refractivity contribution is 5.95. The van der Waals surface area contributed by atoms with Gasteiger partial charge in [0.25, 0.3) is 0 Å². The van der Waals surface area contributed by atoms with Crippen LogP contribution < -0.4 is 0 Å². The molecule has 0 amide bonds. The predicted octanol–water partition coefficient (Wildman–Crippen LogP) is 4.38. The molecule has 0 saturated carbocycles. The van der Waals surface area contributed by atoms with Crippen molar-refractivity contribution in [2.75, 3.05) is 0 Å². The molecule has 3 aromatic rings. The first-order valence-corrected chi connectivity index (χ1v) is 8.84. The predicted molar refractivity (Wildman–Crippen MR) is 101 cm³/mol. The number of carbonyl (C=O) groups is 1. The molecule has 0 radical (unpaired) electrons. The summed E-state index contributed by atoms with van der Waals surface area (Å²) >= 11 is 0. The van der Waals surface area contributed by atoms with E-state index in [1.165, 1.54) is 0 Å². The maximum Gasteiger partial charge on any atom is 0.336 e. The van der Waals surface area contributed by atoms with Crippen molar-refractivity contribution in [3.63, 3.8) is 0 Å². The third kappa shape index (κ3) is 3.67. The molecule has 0 spiro atoms. The minimum Gasteiger partial charge on any atom is -0.478 e. The lowest BCUT2D eigenvalue weighted by Crippen LogP contribution is -2.06. The standard InChI is InChI=1S/C21H23N3O2/c1-4-19-22-20(14(2)3)23-24(19)13-15-9-11-16(12-10-15)17-7-5-6-8-18(17)21(25)26/h5-12,14H,4,13H2,1-3H3,(H,25,26). The first kappa shape index (κ1) is 17.9. The molecule has 0 saturated heterocycles. The van der Waals surface area contributed by atoms with Crippen LogP contribution in [-0.4, -0.2) is 25.8 Å². The monoisotopic (exact) mass is 349 g/mol. The minimum atomic E-state index is -0.916. The molecule has 1 heterocycles. The van der Waals surface area contributed by atoms with Crippen LogP contribution in [-0.2, 0) is 13.0 Å². The highest BCUT2D eigenvalue weighted by Gasteiger charge is 2.13. The van der Waals surface area contributed by atoms with Crippen LogP contribution in [0.4, 0.5) is 0 Å². The fraction of sp³-hybridized carbons (Fsp3) is 0.286. The van der Waals surface area contributed by atoms with Gasteiger partial charge in [0.15, 0.2) is 5.82 Å². The Kier molecular flexibility index (Phi) is 5.16. The van der Waals surface area contributed by atoms with Crippen LogP contribution >= 0.6 is 0 Å². The number of rotatable bonds is 6. The summed E-state index contributed by atoms with van der Waals surface area (Å²) in [5.41, 5.74) is 3.04. The Balaban J connectivity index is 1.86. The minimum absolute atomic E-state index is 0.302. The molecule has 1 N–H and O–H groups in total. The van der Waals surface area contributed by atoms with E-state index in [1.807, 2.05) is 41.1 Å². The number of benzene rings is 2. The number of aromatic nitrogens is 3. The van der Waals surface area contributed by atoms with Crippen LogP contribution in [0.5, 0.6) is 0 Å². The van der Waals surface area contributed by atoms with Crippen LogP contribution in [0.25, 0.3) is 11.1 Å². The number of aromatic carboxylic acids is 1. The van der Waals surface area contributed by atoms with Gasteiger partial charge in [0.2, 0.25) is 0 Å². The second-order valence-corrected chi connectivity index (χ2v) is 6.60. The highest BCUT2D eigenvalue weighted by atomic mass is 16.4. The molecule has 3 rings (SSSR count). The first-order chi connectivity index (χ1) is 12.5. The molecule has 0 atom stereocenters. The summed E-state index contributed by atoms with van der Waals surface area (Å²) in [4.78, 5) is 16.0. The number of hydrogen-bond acceptors (Lipinski definition) is 3. The van der Waals surface area contributed by atoms with Gasteiger partial charge in [-0.3, -0.25) is 0 Å². The molecule has 2 aromatic carbocycles. The number of nitrogens with zero attached hydrogens (tertiary/aromatic N) is 3. The zero-order valence-electron chi connectivity index (χ0n) is 15.3. The van der Waals surface area contributed by atoms with Gasteiger partial charge in [-0.15, -0.1) is 0 Å². The van der Waals surface area contributed by atoms with Gasteiger partial charge in [0.1, 0.15) is 5.82 Å². The van der Waals surface area contributed by atoms with Crippen molar-refractivity contribution in [3.8, 4) is 11.1 Å². The summed E-state index contributed by atoms with van der Waals surface area (Å²) in [6.07, 6.45) is 0.837. The lowest BCUT2D eigenvalue weighted by molar-refractivity contribution is 0.0697. The van der Waals surface area contributed by atoms with E-state index in [9.17, 15) is 9.90 Å². The number of carboxylic acids is 1. The normalized spacial score (nSPS) is 11.1. The van der Waals surface area contributed by atoms with Crippen molar-refractivity contribution in [3.05, 3.63) is 71.3 Å². The fourth-order valence-electron chi connectivity index (χ4n) is 2.91. The van der Waals surface area contributed by atoms with Gasteiger partial charge < -0.3 is 5.11 Å². The van der Waals surface area contributed by atoms with E-state index in [2.05, 4.69) is 30.9 Å². The summed E-state index contributed by atoms with van der Waals surface area (Å²) in [7, 11) is 0. The number of aryl methyl sites for hydroxylation is 1. The van der Waals surface area contributed by atoms with Crippen LogP contribution in [0.3, 0.4) is 0 Å². The molecule has 0 aliphatic rings. The topological polar surface area (TPSA) is 68.0 Å². The smallest absolute Gasteiger partial charge is 0.336 e. The van der Waals surface area contributed by atoms with Gasteiger partial charge in [-0.25, -0.2) is 14.5 Å². The zero-order chi connectivity index (χ0) is 18.7. The summed E-state index contributed by atoms with van der Waals surface area (Å²) < 4.78 is 1.95. The third-order valence-electron chi connectivity index (χ3n) is 4.35. The molecule has 134 valence electrons. The lowest BCUT2D eigenvalue weighted by atomic mass is 9.99. The lowest BCUT2D eigenvalue weighted by Gasteiger charge is -2.08. The average molecular weight is 349 g/mol. The summed E-state index contributed by atoms with van der Waals surface area (Å²) in [6.45, 7) is 6.92. The summed E-state index contributed by atoms with van der Waals surface area (Å²) in [5.74, 6) is 1.24. The van der Waals surface area contributed by atoms with Crippen molar-refractivity contribution in [1.29, 1.82) is 0 Å². The van der Waals surface area contributed by atoms with Gasteiger partial charge in [0, 0.05) is 12.3 Å². The Morgan fingerprint density at radius 3 is 2.42 bits per heavy atom. The molecule has 0 fully saturated rings. The van der Waals surface area contributed by atoms with Gasteiger partial charge in [-0.1, -0.05) is 63.2 Å². The van der Waals surface area contributed by atoms with Crippen LogP contribution in [0.1, 0.15) is 54.3 Å². The zero-order valence-corrected chi connectivity index (χ0v) is 15.3. The van der Waals surface area contributed by atoms with Crippen LogP contribution in [0.15, 0.2) is 48.5 Å². The van der Waals surface area contributed by atoms with Gasteiger partial charge >= 0.3 is 5.97 Å². The van der Waals surface area contributed by atoms with E-state index in [-0.39, 0.29) is 0 Å². The molecule has 5 nitrogen and oxygen atoms in total.